The minimum Gasteiger partial charge on any atom is -0.351 e. The first-order chi connectivity index (χ1) is 15.8. The van der Waals surface area contributed by atoms with Crippen molar-refractivity contribution in [1.82, 2.24) is 25.1 Å². The molecule has 176 valence electrons. The average molecular weight is 452 g/mol. The Labute approximate surface area is 194 Å². The zero-order valence-corrected chi connectivity index (χ0v) is 19.7. The number of nitrogens with one attached hydrogen (secondary N) is 2. The first kappa shape index (κ1) is 23.0. The van der Waals surface area contributed by atoms with Gasteiger partial charge in [-0.05, 0) is 38.7 Å². The van der Waals surface area contributed by atoms with E-state index < -0.39 is 11.4 Å². The van der Waals surface area contributed by atoms with Crippen molar-refractivity contribution in [3.8, 4) is 0 Å². The maximum Gasteiger partial charge on any atom is 0.273 e. The van der Waals surface area contributed by atoms with E-state index in [1.165, 1.54) is 6.33 Å². The third kappa shape index (κ3) is 4.51. The maximum absolute atomic E-state index is 13.6. The smallest absolute Gasteiger partial charge is 0.273 e. The van der Waals surface area contributed by atoms with Crippen molar-refractivity contribution in [3.63, 3.8) is 0 Å². The van der Waals surface area contributed by atoms with E-state index in [-0.39, 0.29) is 35.8 Å². The van der Waals surface area contributed by atoms with Crippen molar-refractivity contribution in [2.24, 2.45) is 0 Å². The van der Waals surface area contributed by atoms with Crippen LogP contribution in [0.15, 0.2) is 30.6 Å². The van der Waals surface area contributed by atoms with Crippen LogP contribution in [-0.2, 0) is 17.9 Å². The van der Waals surface area contributed by atoms with Gasteiger partial charge < -0.3 is 20.1 Å². The van der Waals surface area contributed by atoms with E-state index in [0.717, 1.165) is 36.8 Å². The zero-order valence-electron chi connectivity index (χ0n) is 19.7. The fourth-order valence-electron chi connectivity index (χ4n) is 4.93. The highest BCUT2D eigenvalue weighted by molar-refractivity contribution is 6.07. The Bertz CT molecular complexity index is 1060. The Balaban J connectivity index is 1.56. The number of benzene rings is 1. The van der Waals surface area contributed by atoms with E-state index in [0.29, 0.717) is 19.5 Å². The normalized spacial score (nSPS) is 20.6. The number of amides is 3. The third-order valence-corrected chi connectivity index (χ3v) is 6.74. The van der Waals surface area contributed by atoms with Crippen LogP contribution in [-0.4, -0.2) is 50.3 Å². The molecule has 8 nitrogen and oxygen atoms in total. The second-order valence-electron chi connectivity index (χ2n) is 9.43. The summed E-state index contributed by atoms with van der Waals surface area (Å²) in [5.41, 5.74) is 1.41. The summed E-state index contributed by atoms with van der Waals surface area (Å²) >= 11 is 0. The van der Waals surface area contributed by atoms with Crippen LogP contribution in [0.4, 0.5) is 0 Å². The molecule has 0 spiro atoms. The quantitative estimate of drug-likeness (QED) is 0.677. The zero-order chi connectivity index (χ0) is 23.6. The second-order valence-corrected chi connectivity index (χ2v) is 9.43. The van der Waals surface area contributed by atoms with Crippen molar-refractivity contribution in [3.05, 3.63) is 53.1 Å². The molecule has 4 rings (SSSR count). The molecular formula is C25H33N5O3. The fourth-order valence-corrected chi connectivity index (χ4v) is 4.93. The molecular weight excluding hydrogens is 418 g/mol. The molecule has 2 aromatic rings. The molecule has 2 heterocycles. The van der Waals surface area contributed by atoms with Crippen molar-refractivity contribution in [1.29, 1.82) is 0 Å². The van der Waals surface area contributed by atoms with Gasteiger partial charge in [0.2, 0.25) is 5.91 Å². The fraction of sp³-hybridized carbons (Fsp3) is 0.520. The predicted octanol–water partition coefficient (Wildman–Crippen LogP) is 2.80. The van der Waals surface area contributed by atoms with Crippen LogP contribution in [0.5, 0.6) is 0 Å². The van der Waals surface area contributed by atoms with Gasteiger partial charge in [-0.25, -0.2) is 4.98 Å². The van der Waals surface area contributed by atoms with Crippen LogP contribution < -0.4 is 10.6 Å². The highest BCUT2D eigenvalue weighted by Gasteiger charge is 2.48. The lowest BCUT2D eigenvalue weighted by molar-refractivity contribution is -0.133. The number of aryl methyl sites for hydroxylation is 1. The molecule has 0 radical (unpaired) electrons. The molecule has 33 heavy (non-hydrogen) atoms. The number of aromatic nitrogens is 2. The average Bonchev–Trinajstić information content (AvgIpc) is 3.45. The van der Waals surface area contributed by atoms with Gasteiger partial charge in [-0.3, -0.25) is 14.4 Å². The molecule has 1 saturated carbocycles. The summed E-state index contributed by atoms with van der Waals surface area (Å²) in [5.74, 6) is -0.861. The van der Waals surface area contributed by atoms with Gasteiger partial charge >= 0.3 is 0 Å². The maximum atomic E-state index is 13.6. The first-order valence-corrected chi connectivity index (χ1v) is 11.8. The van der Waals surface area contributed by atoms with Crippen molar-refractivity contribution >= 4 is 17.7 Å². The molecule has 1 fully saturated rings. The van der Waals surface area contributed by atoms with Gasteiger partial charge in [0.05, 0.1) is 12.9 Å². The molecule has 2 N–H and O–H groups in total. The Morgan fingerprint density at radius 3 is 2.70 bits per heavy atom. The second kappa shape index (κ2) is 9.37. The molecule has 1 aromatic heterocycles. The van der Waals surface area contributed by atoms with E-state index in [1.54, 1.807) is 9.47 Å². The van der Waals surface area contributed by atoms with Gasteiger partial charge in [-0.2, -0.15) is 0 Å². The number of hydrogen-bond donors (Lipinski definition) is 2. The van der Waals surface area contributed by atoms with E-state index >= 15 is 0 Å². The number of carbonyl (C=O) groups excluding carboxylic acids is 3. The van der Waals surface area contributed by atoms with E-state index in [2.05, 4.69) is 15.6 Å². The SMILES string of the molecule is CCCN1C(=O)c2c(C(=O)NCc3cccc(C)c3)ncn2C[C@]1(C)C(=O)NC1CCCC1. The number of fused-ring (bicyclic) bond motifs is 1. The highest BCUT2D eigenvalue weighted by atomic mass is 16.2. The van der Waals surface area contributed by atoms with Crippen LogP contribution in [0, 0.1) is 6.92 Å². The minimum absolute atomic E-state index is 0.104. The van der Waals surface area contributed by atoms with Gasteiger partial charge in [0.15, 0.2) is 5.69 Å². The molecule has 1 aliphatic carbocycles. The molecule has 0 saturated heterocycles. The monoisotopic (exact) mass is 451 g/mol. The summed E-state index contributed by atoms with van der Waals surface area (Å²) in [5, 5.41) is 6.03. The first-order valence-electron chi connectivity index (χ1n) is 11.8. The number of rotatable bonds is 7. The number of imidazole rings is 1. The van der Waals surface area contributed by atoms with Gasteiger partial charge in [-0.15, -0.1) is 0 Å². The Morgan fingerprint density at radius 1 is 1.24 bits per heavy atom. The minimum atomic E-state index is -1.03. The Kier molecular flexibility index (Phi) is 6.54. The van der Waals surface area contributed by atoms with Gasteiger partial charge in [0.25, 0.3) is 11.8 Å². The summed E-state index contributed by atoms with van der Waals surface area (Å²) in [6.07, 6.45) is 6.40. The molecule has 1 aromatic carbocycles. The van der Waals surface area contributed by atoms with Crippen LogP contribution in [0.2, 0.25) is 0 Å². The summed E-state index contributed by atoms with van der Waals surface area (Å²) < 4.78 is 1.66. The predicted molar refractivity (Wildman–Crippen MR) is 125 cm³/mol. The summed E-state index contributed by atoms with van der Waals surface area (Å²) in [6.45, 7) is 6.84. The van der Waals surface area contributed by atoms with E-state index in [9.17, 15) is 14.4 Å². The molecule has 8 heteroatoms. The van der Waals surface area contributed by atoms with Crippen LogP contribution in [0.3, 0.4) is 0 Å². The molecule has 1 atom stereocenters. The van der Waals surface area contributed by atoms with Crippen molar-refractivity contribution < 1.29 is 14.4 Å². The van der Waals surface area contributed by atoms with Crippen LogP contribution in [0.1, 0.15) is 78.1 Å². The standard InChI is InChI=1S/C25H33N5O3/c1-4-12-30-23(32)21-20(22(31)26-14-18-9-7-8-17(2)13-18)27-16-29(21)15-25(30,3)24(33)28-19-10-5-6-11-19/h7-9,13,16,19H,4-6,10-12,14-15H2,1-3H3,(H,26,31)(H,28,33)/t25-/m1/s1. The number of nitrogens with zero attached hydrogens (tertiary/aromatic N) is 3. The Hall–Kier alpha value is -3.16. The van der Waals surface area contributed by atoms with Gasteiger partial charge in [0, 0.05) is 19.1 Å². The van der Waals surface area contributed by atoms with Crippen molar-refractivity contribution in [2.45, 2.75) is 77.5 Å². The molecule has 1 aliphatic heterocycles. The highest BCUT2D eigenvalue weighted by Crippen LogP contribution is 2.30. The van der Waals surface area contributed by atoms with Crippen molar-refractivity contribution in [2.75, 3.05) is 6.54 Å². The van der Waals surface area contributed by atoms with E-state index in [1.807, 2.05) is 45.0 Å². The number of hydrogen-bond acceptors (Lipinski definition) is 4. The van der Waals surface area contributed by atoms with Crippen LogP contribution in [0.25, 0.3) is 0 Å². The molecule has 3 amide bonds. The lowest BCUT2D eigenvalue weighted by atomic mass is 9.93. The number of carbonyl (C=O) groups is 3. The largest absolute Gasteiger partial charge is 0.351 e. The summed E-state index contributed by atoms with van der Waals surface area (Å²) in [4.78, 5) is 45.7. The van der Waals surface area contributed by atoms with Crippen LogP contribution >= 0.6 is 0 Å². The van der Waals surface area contributed by atoms with E-state index in [4.69, 9.17) is 0 Å². The molecule has 0 bridgehead atoms. The molecule has 2 aliphatic rings. The Morgan fingerprint density at radius 2 is 2.00 bits per heavy atom. The summed E-state index contributed by atoms with van der Waals surface area (Å²) in [7, 11) is 0. The lowest BCUT2D eigenvalue weighted by Gasteiger charge is -2.44. The third-order valence-electron chi connectivity index (χ3n) is 6.74. The van der Waals surface area contributed by atoms with Gasteiger partial charge in [-0.1, -0.05) is 49.6 Å². The summed E-state index contributed by atoms with van der Waals surface area (Å²) in [6, 6.07) is 8.06. The topological polar surface area (TPSA) is 96.3 Å². The molecule has 0 unspecified atom stereocenters. The lowest BCUT2D eigenvalue weighted by Crippen LogP contribution is -2.65. The van der Waals surface area contributed by atoms with Gasteiger partial charge in [0.1, 0.15) is 11.2 Å².